The first kappa shape index (κ1) is 14.0. The molecule has 1 heterocycles. The van der Waals surface area contributed by atoms with Crippen LogP contribution in [-0.2, 0) is 9.59 Å². The van der Waals surface area contributed by atoms with Gasteiger partial charge in [-0.1, -0.05) is 0 Å². The molecule has 1 unspecified atom stereocenters. The molecule has 1 saturated heterocycles. The Balaban J connectivity index is 1.88. The molecule has 0 bridgehead atoms. The molecular formula is C13H21N3O3. The van der Waals surface area contributed by atoms with Gasteiger partial charge in [-0.05, 0) is 32.6 Å². The fourth-order valence-corrected chi connectivity index (χ4v) is 2.77. The molecule has 6 nitrogen and oxygen atoms in total. The van der Waals surface area contributed by atoms with E-state index in [0.29, 0.717) is 0 Å². The summed E-state index contributed by atoms with van der Waals surface area (Å²) in [5.74, 6) is -1.14. The van der Waals surface area contributed by atoms with Crippen molar-refractivity contribution in [2.24, 2.45) is 22.1 Å². The summed E-state index contributed by atoms with van der Waals surface area (Å²) in [6, 6.07) is 0.125. The molecule has 2 amide bonds. The average Bonchev–Trinajstić information content (AvgIpc) is 2.37. The number of carbonyl (C=O) groups excluding carboxylic acids is 2. The molecule has 0 aromatic carbocycles. The fourth-order valence-electron chi connectivity index (χ4n) is 2.77. The number of hydrogen-bond donors (Lipinski definition) is 3. The van der Waals surface area contributed by atoms with Gasteiger partial charge in [-0.25, -0.2) is 0 Å². The number of rotatable bonds is 4. The standard InChI is InChI=1S/C13H21N3O3/c1-8(17)10(11(14)18)6-15-9-2-4-13(5-3-9)7-16-12(13)19/h6,8-10,17H,2-5,7H2,1H3,(H2,14,18)(H,16,19)/t8-,9?,10?,13?/m1/s1. The van der Waals surface area contributed by atoms with Crippen LogP contribution in [0.1, 0.15) is 32.6 Å². The summed E-state index contributed by atoms with van der Waals surface area (Å²) in [6.45, 7) is 2.30. The monoisotopic (exact) mass is 267 g/mol. The number of β-lactam (4-membered cyclic amide) rings is 1. The van der Waals surface area contributed by atoms with Gasteiger partial charge >= 0.3 is 0 Å². The van der Waals surface area contributed by atoms with E-state index in [4.69, 9.17) is 5.73 Å². The molecular weight excluding hydrogens is 246 g/mol. The number of primary amides is 1. The highest BCUT2D eigenvalue weighted by molar-refractivity contribution is 5.93. The third-order valence-corrected chi connectivity index (χ3v) is 4.29. The van der Waals surface area contributed by atoms with Crippen LogP contribution < -0.4 is 11.1 Å². The average molecular weight is 267 g/mol. The summed E-state index contributed by atoms with van der Waals surface area (Å²) in [4.78, 5) is 27.0. The summed E-state index contributed by atoms with van der Waals surface area (Å²) in [5, 5.41) is 12.2. The molecule has 0 aromatic heterocycles. The van der Waals surface area contributed by atoms with E-state index < -0.39 is 17.9 Å². The Hall–Kier alpha value is -1.43. The van der Waals surface area contributed by atoms with Crippen molar-refractivity contribution in [2.75, 3.05) is 6.54 Å². The van der Waals surface area contributed by atoms with Gasteiger partial charge in [-0.3, -0.25) is 14.6 Å². The van der Waals surface area contributed by atoms with Crippen molar-refractivity contribution in [1.82, 2.24) is 5.32 Å². The zero-order valence-corrected chi connectivity index (χ0v) is 11.1. The Morgan fingerprint density at radius 3 is 2.58 bits per heavy atom. The fraction of sp³-hybridized carbons (Fsp3) is 0.769. The normalized spacial score (nSPS) is 33.8. The van der Waals surface area contributed by atoms with Crippen LogP contribution >= 0.6 is 0 Å². The van der Waals surface area contributed by atoms with E-state index in [1.54, 1.807) is 0 Å². The number of aliphatic imine (C=N–C) groups is 1. The van der Waals surface area contributed by atoms with Gasteiger partial charge in [0.2, 0.25) is 11.8 Å². The van der Waals surface area contributed by atoms with E-state index >= 15 is 0 Å². The second kappa shape index (κ2) is 5.28. The number of amides is 2. The SMILES string of the molecule is C[C@@H](O)C(C=NC1CCC2(CC1)CNC2=O)C(N)=O. The number of carbonyl (C=O) groups is 2. The summed E-state index contributed by atoms with van der Waals surface area (Å²) in [5.41, 5.74) is 5.05. The lowest BCUT2D eigenvalue weighted by Gasteiger charge is -2.44. The van der Waals surface area contributed by atoms with Crippen LogP contribution in [0, 0.1) is 11.3 Å². The van der Waals surface area contributed by atoms with Gasteiger partial charge in [0.25, 0.3) is 0 Å². The third-order valence-electron chi connectivity index (χ3n) is 4.29. The molecule has 1 saturated carbocycles. The molecule has 1 aliphatic heterocycles. The van der Waals surface area contributed by atoms with Crippen LogP contribution in [0.15, 0.2) is 4.99 Å². The molecule has 19 heavy (non-hydrogen) atoms. The van der Waals surface area contributed by atoms with Crippen molar-refractivity contribution in [3.8, 4) is 0 Å². The van der Waals surface area contributed by atoms with E-state index in [1.165, 1.54) is 13.1 Å². The summed E-state index contributed by atoms with van der Waals surface area (Å²) < 4.78 is 0. The van der Waals surface area contributed by atoms with Crippen LogP contribution in [-0.4, -0.2) is 41.8 Å². The lowest BCUT2D eigenvalue weighted by Crippen LogP contribution is -2.60. The topological polar surface area (TPSA) is 105 Å². The number of aliphatic hydroxyl groups is 1. The first-order valence-corrected chi connectivity index (χ1v) is 6.73. The van der Waals surface area contributed by atoms with Crippen LogP contribution in [0.3, 0.4) is 0 Å². The zero-order valence-electron chi connectivity index (χ0n) is 11.1. The van der Waals surface area contributed by atoms with E-state index in [1.807, 2.05) is 0 Å². The lowest BCUT2D eigenvalue weighted by atomic mass is 9.68. The molecule has 1 aliphatic carbocycles. The molecule has 2 fully saturated rings. The quantitative estimate of drug-likeness (QED) is 0.476. The van der Waals surface area contributed by atoms with E-state index in [2.05, 4.69) is 10.3 Å². The van der Waals surface area contributed by atoms with Gasteiger partial charge in [0.15, 0.2) is 0 Å². The molecule has 0 aromatic rings. The Labute approximate surface area is 112 Å². The highest BCUT2D eigenvalue weighted by atomic mass is 16.3. The molecule has 1 spiro atoms. The van der Waals surface area contributed by atoms with Gasteiger partial charge < -0.3 is 16.2 Å². The van der Waals surface area contributed by atoms with E-state index in [-0.39, 0.29) is 17.4 Å². The molecule has 2 rings (SSSR count). The van der Waals surface area contributed by atoms with Gasteiger partial charge in [0, 0.05) is 18.8 Å². The maximum absolute atomic E-state index is 11.5. The van der Waals surface area contributed by atoms with Crippen LogP contribution in [0.2, 0.25) is 0 Å². The lowest BCUT2D eigenvalue weighted by molar-refractivity contribution is -0.142. The van der Waals surface area contributed by atoms with Crippen molar-refractivity contribution >= 4 is 18.0 Å². The molecule has 2 aliphatic rings. The number of hydrogen-bond acceptors (Lipinski definition) is 4. The Bertz CT molecular complexity index is 398. The minimum Gasteiger partial charge on any atom is -0.392 e. The van der Waals surface area contributed by atoms with E-state index in [0.717, 1.165) is 32.2 Å². The predicted molar refractivity (Wildman–Crippen MR) is 70.6 cm³/mol. The number of nitrogens with two attached hydrogens (primary N) is 1. The Kier molecular flexibility index (Phi) is 3.89. The highest BCUT2D eigenvalue weighted by Gasteiger charge is 2.47. The number of nitrogens with one attached hydrogen (secondary N) is 1. The van der Waals surface area contributed by atoms with Crippen LogP contribution in [0.5, 0.6) is 0 Å². The van der Waals surface area contributed by atoms with Crippen LogP contribution in [0.25, 0.3) is 0 Å². The van der Waals surface area contributed by atoms with Crippen molar-refractivity contribution in [3.63, 3.8) is 0 Å². The van der Waals surface area contributed by atoms with E-state index in [9.17, 15) is 14.7 Å². The van der Waals surface area contributed by atoms with Crippen molar-refractivity contribution in [1.29, 1.82) is 0 Å². The van der Waals surface area contributed by atoms with Crippen molar-refractivity contribution in [3.05, 3.63) is 0 Å². The number of aliphatic hydroxyl groups excluding tert-OH is 1. The number of nitrogens with zero attached hydrogens (tertiary/aromatic N) is 1. The minimum absolute atomic E-state index is 0.125. The molecule has 106 valence electrons. The third kappa shape index (κ3) is 2.78. The van der Waals surface area contributed by atoms with Crippen LogP contribution in [0.4, 0.5) is 0 Å². The second-order valence-electron chi connectivity index (χ2n) is 5.66. The Morgan fingerprint density at radius 1 is 1.58 bits per heavy atom. The van der Waals surface area contributed by atoms with Gasteiger partial charge in [0.05, 0.1) is 17.4 Å². The molecule has 0 radical (unpaired) electrons. The highest BCUT2D eigenvalue weighted by Crippen LogP contribution is 2.41. The summed E-state index contributed by atoms with van der Waals surface area (Å²) in [7, 11) is 0. The molecule has 2 atom stereocenters. The predicted octanol–water partition coefficient (Wildman–Crippen LogP) is -0.402. The maximum Gasteiger partial charge on any atom is 0.228 e. The van der Waals surface area contributed by atoms with Crippen molar-refractivity contribution < 1.29 is 14.7 Å². The largest absolute Gasteiger partial charge is 0.392 e. The molecule has 4 N–H and O–H groups in total. The van der Waals surface area contributed by atoms with Gasteiger partial charge in [-0.15, -0.1) is 0 Å². The first-order valence-electron chi connectivity index (χ1n) is 6.73. The maximum atomic E-state index is 11.5. The van der Waals surface area contributed by atoms with Gasteiger partial charge in [0.1, 0.15) is 0 Å². The zero-order chi connectivity index (χ0) is 14.0. The second-order valence-corrected chi connectivity index (χ2v) is 5.66. The van der Waals surface area contributed by atoms with Gasteiger partial charge in [-0.2, -0.15) is 0 Å². The van der Waals surface area contributed by atoms with Crippen molar-refractivity contribution in [2.45, 2.75) is 44.8 Å². The summed E-state index contributed by atoms with van der Waals surface area (Å²) >= 11 is 0. The smallest absolute Gasteiger partial charge is 0.228 e. The Morgan fingerprint density at radius 2 is 2.21 bits per heavy atom. The first-order chi connectivity index (χ1) is 8.94. The minimum atomic E-state index is -0.825. The summed E-state index contributed by atoms with van der Waals surface area (Å²) in [6.07, 6.45) is 4.02. The molecule has 6 heteroatoms.